The molecule has 1 radical (unpaired) electrons. The fourth-order valence-electron chi connectivity index (χ4n) is 1.40. The standard InChI is InChI=1S/C9H10NO/c11-9-2-1-8-6-10-4-3-7(8)5-9/h1-2,5,11H,3-4,6H2. The van der Waals surface area contributed by atoms with Crippen molar-refractivity contribution in [2.45, 2.75) is 13.0 Å². The molecule has 0 unspecified atom stereocenters. The van der Waals surface area contributed by atoms with Crippen molar-refractivity contribution >= 4 is 0 Å². The molecule has 1 aliphatic rings. The second-order valence-electron chi connectivity index (χ2n) is 2.81. The summed E-state index contributed by atoms with van der Waals surface area (Å²) in [6.07, 6.45) is 0.976. The van der Waals surface area contributed by atoms with Crippen LogP contribution in [-0.4, -0.2) is 11.7 Å². The van der Waals surface area contributed by atoms with Gasteiger partial charge in [0.15, 0.2) is 0 Å². The van der Waals surface area contributed by atoms with Crippen LogP contribution in [0.4, 0.5) is 0 Å². The zero-order valence-corrected chi connectivity index (χ0v) is 6.25. The molecule has 1 heterocycles. The van der Waals surface area contributed by atoms with Crippen molar-refractivity contribution in [2.75, 3.05) is 6.54 Å². The van der Waals surface area contributed by atoms with E-state index in [1.54, 1.807) is 6.07 Å². The maximum Gasteiger partial charge on any atom is 0.115 e. The molecule has 2 nitrogen and oxygen atoms in total. The van der Waals surface area contributed by atoms with Crippen molar-refractivity contribution in [1.82, 2.24) is 5.32 Å². The van der Waals surface area contributed by atoms with Crippen molar-refractivity contribution in [2.24, 2.45) is 0 Å². The van der Waals surface area contributed by atoms with Crippen LogP contribution in [0.3, 0.4) is 0 Å². The molecule has 1 aliphatic heterocycles. The van der Waals surface area contributed by atoms with Crippen LogP contribution in [0.2, 0.25) is 0 Å². The van der Waals surface area contributed by atoms with Gasteiger partial charge in [0.1, 0.15) is 5.75 Å². The van der Waals surface area contributed by atoms with E-state index in [1.165, 1.54) is 11.1 Å². The third-order valence-corrected chi connectivity index (χ3v) is 2.01. The molecule has 57 valence electrons. The van der Waals surface area contributed by atoms with E-state index in [9.17, 15) is 0 Å². The van der Waals surface area contributed by atoms with Crippen LogP contribution in [0.25, 0.3) is 0 Å². The van der Waals surface area contributed by atoms with E-state index in [4.69, 9.17) is 5.11 Å². The van der Waals surface area contributed by atoms with E-state index in [2.05, 4.69) is 5.32 Å². The van der Waals surface area contributed by atoms with Crippen LogP contribution in [0, 0.1) is 0 Å². The first-order valence-corrected chi connectivity index (χ1v) is 3.80. The first-order chi connectivity index (χ1) is 5.36. The van der Waals surface area contributed by atoms with Crippen LogP contribution in [0.5, 0.6) is 5.75 Å². The fraction of sp³-hybridized carbons (Fsp3) is 0.333. The minimum atomic E-state index is 0.366. The lowest BCUT2D eigenvalue weighted by atomic mass is 10.0. The highest BCUT2D eigenvalue weighted by molar-refractivity contribution is 5.36. The van der Waals surface area contributed by atoms with Crippen LogP contribution >= 0.6 is 0 Å². The highest BCUT2D eigenvalue weighted by atomic mass is 16.3. The van der Waals surface area contributed by atoms with E-state index in [-0.39, 0.29) is 0 Å². The number of fused-ring (bicyclic) bond motifs is 1. The van der Waals surface area contributed by atoms with Gasteiger partial charge in [-0.05, 0) is 29.7 Å². The van der Waals surface area contributed by atoms with E-state index in [1.807, 2.05) is 12.1 Å². The van der Waals surface area contributed by atoms with E-state index >= 15 is 0 Å². The molecule has 0 aromatic heterocycles. The number of aromatic hydroxyl groups is 1. The second-order valence-corrected chi connectivity index (χ2v) is 2.81. The van der Waals surface area contributed by atoms with E-state index in [0.717, 1.165) is 19.5 Å². The Morgan fingerprint density at radius 1 is 1.27 bits per heavy atom. The average Bonchev–Trinajstić information content (AvgIpc) is 2.04. The molecule has 0 saturated heterocycles. The lowest BCUT2D eigenvalue weighted by Gasteiger charge is -2.14. The first kappa shape index (κ1) is 6.68. The smallest absolute Gasteiger partial charge is 0.115 e. The van der Waals surface area contributed by atoms with Crippen LogP contribution in [-0.2, 0) is 13.0 Å². The molecule has 0 bridgehead atoms. The van der Waals surface area contributed by atoms with Gasteiger partial charge in [-0.3, -0.25) is 0 Å². The van der Waals surface area contributed by atoms with Gasteiger partial charge in [0.05, 0.1) is 0 Å². The number of nitrogens with zero attached hydrogens (tertiary/aromatic N) is 1. The summed E-state index contributed by atoms with van der Waals surface area (Å²) in [5, 5.41) is 13.4. The Labute approximate surface area is 65.9 Å². The normalized spacial score (nSPS) is 16.0. The maximum absolute atomic E-state index is 9.16. The Morgan fingerprint density at radius 3 is 3.09 bits per heavy atom. The minimum absolute atomic E-state index is 0.366. The summed E-state index contributed by atoms with van der Waals surface area (Å²) in [5.41, 5.74) is 2.51. The topological polar surface area (TPSA) is 34.3 Å². The summed E-state index contributed by atoms with van der Waals surface area (Å²) in [7, 11) is 0. The molecule has 1 aromatic rings. The van der Waals surface area contributed by atoms with Crippen molar-refractivity contribution < 1.29 is 5.11 Å². The lowest BCUT2D eigenvalue weighted by Crippen LogP contribution is -2.16. The number of hydrogen-bond donors (Lipinski definition) is 1. The van der Waals surface area contributed by atoms with Gasteiger partial charge in [-0.15, -0.1) is 0 Å². The monoisotopic (exact) mass is 148 g/mol. The number of hydrogen-bond acceptors (Lipinski definition) is 1. The third kappa shape index (κ3) is 1.21. The Kier molecular flexibility index (Phi) is 1.55. The molecule has 0 spiro atoms. The molecule has 11 heavy (non-hydrogen) atoms. The average molecular weight is 148 g/mol. The predicted molar refractivity (Wildman–Crippen MR) is 42.5 cm³/mol. The molecule has 2 heteroatoms. The second kappa shape index (κ2) is 2.55. The molecule has 0 saturated carbocycles. The Hall–Kier alpha value is -1.02. The van der Waals surface area contributed by atoms with Gasteiger partial charge in [0.25, 0.3) is 0 Å². The zero-order valence-electron chi connectivity index (χ0n) is 6.25. The quantitative estimate of drug-likeness (QED) is 0.586. The number of phenols is 1. The Morgan fingerprint density at radius 2 is 2.18 bits per heavy atom. The summed E-state index contributed by atoms with van der Waals surface area (Å²) in [6.45, 7) is 1.71. The van der Waals surface area contributed by atoms with Gasteiger partial charge in [-0.2, -0.15) is 0 Å². The van der Waals surface area contributed by atoms with Crippen LogP contribution < -0.4 is 5.32 Å². The van der Waals surface area contributed by atoms with Crippen molar-refractivity contribution in [1.29, 1.82) is 0 Å². The summed E-state index contributed by atoms with van der Waals surface area (Å²) in [5.74, 6) is 0.366. The van der Waals surface area contributed by atoms with Gasteiger partial charge in [0.2, 0.25) is 0 Å². The summed E-state index contributed by atoms with van der Waals surface area (Å²) < 4.78 is 0. The zero-order chi connectivity index (χ0) is 7.68. The molecule has 1 aromatic carbocycles. The molecule has 0 fully saturated rings. The minimum Gasteiger partial charge on any atom is -0.508 e. The maximum atomic E-state index is 9.16. The van der Waals surface area contributed by atoms with Crippen molar-refractivity contribution in [3.63, 3.8) is 0 Å². The van der Waals surface area contributed by atoms with E-state index in [0.29, 0.717) is 5.75 Å². The molecule has 0 atom stereocenters. The molecule has 0 aliphatic carbocycles. The number of rotatable bonds is 0. The molecule has 1 N–H and O–H groups in total. The SMILES string of the molecule is Oc1ccc2c(c1)CC[N]C2. The molecule has 2 rings (SSSR count). The summed E-state index contributed by atoms with van der Waals surface area (Å²) >= 11 is 0. The number of benzene rings is 1. The third-order valence-electron chi connectivity index (χ3n) is 2.01. The molecular weight excluding hydrogens is 138 g/mol. The summed E-state index contributed by atoms with van der Waals surface area (Å²) in [6, 6.07) is 5.51. The van der Waals surface area contributed by atoms with Gasteiger partial charge >= 0.3 is 0 Å². The van der Waals surface area contributed by atoms with Gasteiger partial charge < -0.3 is 5.11 Å². The molecular formula is C9H10NO. The fourth-order valence-corrected chi connectivity index (χ4v) is 1.40. The van der Waals surface area contributed by atoms with Crippen molar-refractivity contribution in [3.05, 3.63) is 29.3 Å². The summed E-state index contributed by atoms with van der Waals surface area (Å²) in [4.78, 5) is 0. The molecule has 0 amide bonds. The van der Waals surface area contributed by atoms with Gasteiger partial charge in [-0.25, -0.2) is 5.32 Å². The van der Waals surface area contributed by atoms with Gasteiger partial charge in [0, 0.05) is 13.1 Å². The van der Waals surface area contributed by atoms with Crippen LogP contribution in [0.15, 0.2) is 18.2 Å². The Bertz CT molecular complexity index is 270. The highest BCUT2D eigenvalue weighted by Crippen LogP contribution is 2.19. The van der Waals surface area contributed by atoms with Crippen molar-refractivity contribution in [3.8, 4) is 5.75 Å². The first-order valence-electron chi connectivity index (χ1n) is 3.80. The Balaban J connectivity index is 2.43. The van der Waals surface area contributed by atoms with E-state index < -0.39 is 0 Å². The van der Waals surface area contributed by atoms with Crippen LogP contribution in [0.1, 0.15) is 11.1 Å². The highest BCUT2D eigenvalue weighted by Gasteiger charge is 2.08. The van der Waals surface area contributed by atoms with Gasteiger partial charge in [-0.1, -0.05) is 6.07 Å². The number of phenolic OH excluding ortho intramolecular Hbond substituents is 1. The predicted octanol–water partition coefficient (Wildman–Crippen LogP) is 1.05. The largest absolute Gasteiger partial charge is 0.508 e. The lowest BCUT2D eigenvalue weighted by molar-refractivity contribution is 0.473.